The summed E-state index contributed by atoms with van der Waals surface area (Å²) in [5, 5.41) is 5.59. The third-order valence-electron chi connectivity index (χ3n) is 12.6. The largest absolute Gasteiger partial charge is 0.309 e. The fourth-order valence-electron chi connectivity index (χ4n) is 9.90. The van der Waals surface area contributed by atoms with Crippen LogP contribution in [-0.4, -0.2) is 18.9 Å². The van der Waals surface area contributed by atoms with Crippen LogP contribution in [0.3, 0.4) is 0 Å². The lowest BCUT2D eigenvalue weighted by molar-refractivity contribution is -0.503. The van der Waals surface area contributed by atoms with E-state index in [-0.39, 0.29) is 0 Å². The molecule has 0 aliphatic rings. The van der Waals surface area contributed by atoms with E-state index in [2.05, 4.69) is 210 Å². The molecule has 0 amide bonds. The molecule has 0 aliphatic carbocycles. The van der Waals surface area contributed by atoms with Gasteiger partial charge in [-0.15, -0.1) is 0 Å². The maximum absolute atomic E-state index is 5.55. The van der Waals surface area contributed by atoms with Crippen molar-refractivity contribution in [2.24, 2.45) is 0 Å². The Hall–Kier alpha value is -8.41. The predicted molar refractivity (Wildman–Crippen MR) is 266 cm³/mol. The first-order valence-electron chi connectivity index (χ1n) is 21.8. The zero-order chi connectivity index (χ0) is 42.9. The Labute approximate surface area is 370 Å². The minimum atomic E-state index is 0.654. The Morgan fingerprint density at radius 1 is 0.469 bits per heavy atom. The number of nitrogens with zero attached hydrogens (tertiary/aromatic N) is 5. The second-order valence-corrected chi connectivity index (χ2v) is 16.7. The van der Waals surface area contributed by atoms with Crippen LogP contribution in [0.5, 0.6) is 0 Å². The van der Waals surface area contributed by atoms with E-state index in [0.29, 0.717) is 5.82 Å². The minimum Gasteiger partial charge on any atom is -0.309 e. The van der Waals surface area contributed by atoms with Crippen LogP contribution >= 0.6 is 0 Å². The van der Waals surface area contributed by atoms with Gasteiger partial charge in [-0.2, -0.15) is 4.40 Å². The monoisotopic (exact) mass is 820 g/mol. The number of fused-ring (bicyclic) bond motifs is 12. The molecule has 0 fully saturated rings. The molecule has 12 aromatic rings. The van der Waals surface area contributed by atoms with Gasteiger partial charge in [0.05, 0.1) is 50.5 Å². The molecule has 0 atom stereocenters. The summed E-state index contributed by atoms with van der Waals surface area (Å²) in [5.74, 6) is 1.45. The number of hydrogen-bond donors (Lipinski definition) is 0. The highest BCUT2D eigenvalue weighted by Crippen LogP contribution is 2.41. The van der Waals surface area contributed by atoms with Gasteiger partial charge < -0.3 is 8.97 Å². The molecule has 2 bridgehead atoms. The maximum atomic E-state index is 5.55. The summed E-state index contributed by atoms with van der Waals surface area (Å²) in [6.45, 7) is 8.78. The predicted octanol–water partition coefficient (Wildman–Crippen LogP) is 14.4. The van der Waals surface area contributed by atoms with Gasteiger partial charge in [0.2, 0.25) is 0 Å². The quantitative estimate of drug-likeness (QED) is 0.157. The van der Waals surface area contributed by atoms with E-state index in [4.69, 9.17) is 9.97 Å². The van der Waals surface area contributed by atoms with Crippen LogP contribution in [0.1, 0.15) is 16.8 Å². The highest BCUT2D eigenvalue weighted by Gasteiger charge is 2.24. The van der Waals surface area contributed by atoms with Crippen molar-refractivity contribution >= 4 is 60.7 Å². The smallest absolute Gasteiger partial charge is 0.308 e. The van der Waals surface area contributed by atoms with Crippen LogP contribution in [0, 0.1) is 13.8 Å². The topological polar surface area (TPSA) is 39.2 Å². The average molecular weight is 821 g/mol. The molecule has 5 nitrogen and oxygen atoms in total. The highest BCUT2D eigenvalue weighted by atomic mass is 15.1. The maximum Gasteiger partial charge on any atom is 0.308 e. The van der Waals surface area contributed by atoms with E-state index in [1.54, 1.807) is 0 Å². The number of rotatable bonds is 6. The Balaban J connectivity index is 1.26. The summed E-state index contributed by atoms with van der Waals surface area (Å²) in [4.78, 5) is 10.9. The summed E-state index contributed by atoms with van der Waals surface area (Å²) in [6, 6.07) is 69.5. The SMILES string of the molecule is C=Cc1c2cc[n+]3c(-c4ccccc4)nc(-c4ccccc4)nc3c3cc(-c4cccc5c4c4ccccc4n5-c4ccccc4)ccc3n1c1cc(-c3cc(C)cc(C)c3)ccc21. The van der Waals surface area contributed by atoms with Crippen molar-refractivity contribution < 1.29 is 4.40 Å². The van der Waals surface area contributed by atoms with Crippen LogP contribution in [-0.2, 0) is 0 Å². The molecule has 0 aliphatic heterocycles. The third-order valence-corrected chi connectivity index (χ3v) is 12.6. The molecular weight excluding hydrogens is 779 g/mol. The molecule has 0 saturated carbocycles. The van der Waals surface area contributed by atoms with Crippen LogP contribution < -0.4 is 4.40 Å². The molecule has 302 valence electrons. The minimum absolute atomic E-state index is 0.654. The lowest BCUT2D eigenvalue weighted by Crippen LogP contribution is -2.27. The van der Waals surface area contributed by atoms with E-state index >= 15 is 0 Å². The van der Waals surface area contributed by atoms with Gasteiger partial charge in [0.25, 0.3) is 11.5 Å². The van der Waals surface area contributed by atoms with Gasteiger partial charge in [0.1, 0.15) is 0 Å². The number of benzene rings is 8. The van der Waals surface area contributed by atoms with E-state index in [9.17, 15) is 0 Å². The number of aryl methyl sites for hydroxylation is 2. The second-order valence-electron chi connectivity index (χ2n) is 16.7. The Kier molecular flexibility index (Phi) is 8.70. The summed E-state index contributed by atoms with van der Waals surface area (Å²) in [5.41, 5.74) is 16.4. The first-order valence-corrected chi connectivity index (χ1v) is 21.8. The lowest BCUT2D eigenvalue weighted by Gasteiger charge is -2.11. The molecular formula is C59H42N5+. The molecule has 0 N–H and O–H groups in total. The number of hydrogen-bond acceptors (Lipinski definition) is 2. The lowest BCUT2D eigenvalue weighted by atomic mass is 9.98. The van der Waals surface area contributed by atoms with Crippen molar-refractivity contribution in [2.45, 2.75) is 13.8 Å². The van der Waals surface area contributed by atoms with Crippen LogP contribution in [0.2, 0.25) is 0 Å². The zero-order valence-corrected chi connectivity index (χ0v) is 35.6. The average Bonchev–Trinajstić information content (AvgIpc) is 3.86. The van der Waals surface area contributed by atoms with Crippen molar-refractivity contribution in [1.29, 1.82) is 0 Å². The van der Waals surface area contributed by atoms with E-state index in [1.165, 1.54) is 33.0 Å². The molecule has 5 heteroatoms. The Bertz CT molecular complexity index is 3840. The molecule has 64 heavy (non-hydrogen) atoms. The highest BCUT2D eigenvalue weighted by molar-refractivity contribution is 6.16. The van der Waals surface area contributed by atoms with Crippen molar-refractivity contribution in [2.75, 3.05) is 0 Å². The van der Waals surface area contributed by atoms with Gasteiger partial charge in [0, 0.05) is 27.2 Å². The Morgan fingerprint density at radius 3 is 1.92 bits per heavy atom. The van der Waals surface area contributed by atoms with Gasteiger partial charge in [-0.3, -0.25) is 0 Å². The summed E-state index contributed by atoms with van der Waals surface area (Å²) < 4.78 is 6.94. The third kappa shape index (κ3) is 5.97. The van der Waals surface area contributed by atoms with E-state index in [1.807, 2.05) is 30.3 Å². The first kappa shape index (κ1) is 37.4. The molecule has 12 rings (SSSR count). The standard InChI is InChI=1S/C59H42N5/c1-4-51-48-31-32-62-58(41-19-10-6-11-20-41)60-57(40-17-8-5-9-18-40)61-59(62)50-36-43(28-30-53(50)64(51)55-37-42(27-29-47(48)55)44-34-38(2)33-39(3)35-44)46-24-16-26-54-56(46)49-23-14-15-25-52(49)63(54)45-21-12-7-13-22-45/h4-37H,1H2,2-3H3/q+1. The molecule has 8 aromatic carbocycles. The van der Waals surface area contributed by atoms with Crippen molar-refractivity contribution in [3.63, 3.8) is 0 Å². The molecule has 0 unspecified atom stereocenters. The molecule has 0 spiro atoms. The molecule has 4 aromatic heterocycles. The molecule has 4 heterocycles. The van der Waals surface area contributed by atoms with Crippen molar-refractivity contribution in [1.82, 2.24) is 18.9 Å². The summed E-state index contributed by atoms with van der Waals surface area (Å²) in [7, 11) is 0. The number of aromatic nitrogens is 5. The Morgan fingerprint density at radius 2 is 1.16 bits per heavy atom. The fourth-order valence-corrected chi connectivity index (χ4v) is 9.90. The fraction of sp³-hybridized carbons (Fsp3) is 0.0339. The summed E-state index contributed by atoms with van der Waals surface area (Å²) in [6.07, 6.45) is 4.14. The van der Waals surface area contributed by atoms with Gasteiger partial charge in [-0.25, -0.2) is 0 Å². The first-order chi connectivity index (χ1) is 31.5. The van der Waals surface area contributed by atoms with Crippen LogP contribution in [0.15, 0.2) is 207 Å². The summed E-state index contributed by atoms with van der Waals surface area (Å²) >= 11 is 0. The van der Waals surface area contributed by atoms with E-state index < -0.39 is 0 Å². The second kappa shape index (κ2) is 14.9. The molecule has 0 radical (unpaired) electrons. The van der Waals surface area contributed by atoms with Gasteiger partial charge in [-0.05, 0) is 115 Å². The van der Waals surface area contributed by atoms with E-state index in [0.717, 1.165) is 83.4 Å². The van der Waals surface area contributed by atoms with Crippen LogP contribution in [0.25, 0.3) is 111 Å². The van der Waals surface area contributed by atoms with Gasteiger partial charge in [-0.1, -0.05) is 149 Å². The normalized spacial score (nSPS) is 11.7. The zero-order valence-electron chi connectivity index (χ0n) is 35.6. The van der Waals surface area contributed by atoms with Crippen LogP contribution in [0.4, 0.5) is 0 Å². The van der Waals surface area contributed by atoms with Crippen molar-refractivity contribution in [3.8, 4) is 50.7 Å². The van der Waals surface area contributed by atoms with Gasteiger partial charge in [0.15, 0.2) is 0 Å². The van der Waals surface area contributed by atoms with Crippen molar-refractivity contribution in [3.05, 3.63) is 224 Å². The van der Waals surface area contributed by atoms with Gasteiger partial charge >= 0.3 is 5.82 Å². The number of para-hydroxylation sites is 2. The molecule has 0 saturated heterocycles.